The van der Waals surface area contributed by atoms with Gasteiger partial charge in [-0.15, -0.1) is 0 Å². The Morgan fingerprint density at radius 1 is 1.47 bits per heavy atom. The molecule has 3 nitrogen and oxygen atoms in total. The van der Waals surface area contributed by atoms with Gasteiger partial charge < -0.3 is 15.0 Å². The van der Waals surface area contributed by atoms with Crippen LogP contribution < -0.4 is 15.0 Å². The Bertz CT molecular complexity index is 397. The van der Waals surface area contributed by atoms with Crippen molar-refractivity contribution in [1.82, 2.24) is 5.32 Å². The van der Waals surface area contributed by atoms with Gasteiger partial charge in [-0.05, 0) is 45.1 Å². The molecular formula is C13H19BrN2O. The maximum Gasteiger partial charge on any atom is 0.143 e. The zero-order valence-electron chi connectivity index (χ0n) is 10.5. The van der Waals surface area contributed by atoms with Crippen molar-refractivity contribution in [3.8, 4) is 5.75 Å². The van der Waals surface area contributed by atoms with Crippen LogP contribution in [0, 0.1) is 0 Å². The fourth-order valence-corrected chi connectivity index (χ4v) is 2.53. The van der Waals surface area contributed by atoms with Gasteiger partial charge in [-0.3, -0.25) is 0 Å². The Morgan fingerprint density at radius 2 is 2.24 bits per heavy atom. The molecule has 2 unspecified atom stereocenters. The van der Waals surface area contributed by atoms with E-state index in [1.807, 2.05) is 19.2 Å². The van der Waals surface area contributed by atoms with Crippen molar-refractivity contribution in [3.63, 3.8) is 0 Å². The van der Waals surface area contributed by atoms with Crippen molar-refractivity contribution in [2.75, 3.05) is 25.5 Å². The number of fused-ring (bicyclic) bond motifs is 1. The molecule has 0 spiro atoms. The van der Waals surface area contributed by atoms with Gasteiger partial charge in [-0.2, -0.15) is 0 Å². The van der Waals surface area contributed by atoms with Gasteiger partial charge in [-0.25, -0.2) is 0 Å². The van der Waals surface area contributed by atoms with Crippen LogP contribution in [-0.4, -0.2) is 32.8 Å². The second kappa shape index (κ2) is 5.27. The summed E-state index contributed by atoms with van der Waals surface area (Å²) in [6.45, 7) is 3.19. The van der Waals surface area contributed by atoms with Crippen molar-refractivity contribution in [2.45, 2.75) is 25.5 Å². The first-order valence-electron chi connectivity index (χ1n) is 5.97. The van der Waals surface area contributed by atoms with Gasteiger partial charge in [0.1, 0.15) is 11.9 Å². The summed E-state index contributed by atoms with van der Waals surface area (Å²) in [6.07, 6.45) is 1.28. The van der Waals surface area contributed by atoms with Gasteiger partial charge in [0.05, 0.1) is 11.7 Å². The molecule has 2 atom stereocenters. The summed E-state index contributed by atoms with van der Waals surface area (Å²) >= 11 is 3.50. The lowest BCUT2D eigenvalue weighted by Gasteiger charge is -2.40. The number of ether oxygens (including phenoxy) is 1. The highest BCUT2D eigenvalue weighted by Crippen LogP contribution is 2.37. The lowest BCUT2D eigenvalue weighted by molar-refractivity contribution is 0.152. The minimum absolute atomic E-state index is 0.251. The van der Waals surface area contributed by atoms with Crippen LogP contribution in [0.25, 0.3) is 0 Å². The largest absolute Gasteiger partial charge is 0.486 e. The van der Waals surface area contributed by atoms with Gasteiger partial charge in [0, 0.05) is 11.5 Å². The van der Waals surface area contributed by atoms with Crippen molar-refractivity contribution >= 4 is 21.6 Å². The maximum absolute atomic E-state index is 6.07. The molecule has 94 valence electrons. The van der Waals surface area contributed by atoms with Crippen LogP contribution >= 0.6 is 15.9 Å². The molecule has 0 aromatic heterocycles. The van der Waals surface area contributed by atoms with E-state index >= 15 is 0 Å². The Hall–Kier alpha value is -0.740. The highest BCUT2D eigenvalue weighted by molar-refractivity contribution is 9.10. The highest BCUT2D eigenvalue weighted by atomic mass is 79.9. The van der Waals surface area contributed by atoms with E-state index in [4.69, 9.17) is 4.74 Å². The van der Waals surface area contributed by atoms with E-state index in [9.17, 15) is 0 Å². The summed E-state index contributed by atoms with van der Waals surface area (Å²) < 4.78 is 7.16. The summed E-state index contributed by atoms with van der Waals surface area (Å²) in [5.41, 5.74) is 1.16. The predicted octanol–water partition coefficient (Wildman–Crippen LogP) is 2.64. The molecule has 1 aliphatic heterocycles. The Labute approximate surface area is 111 Å². The van der Waals surface area contributed by atoms with E-state index in [1.165, 1.54) is 0 Å². The van der Waals surface area contributed by atoms with Crippen LogP contribution in [-0.2, 0) is 0 Å². The second-order valence-electron chi connectivity index (χ2n) is 4.51. The average molecular weight is 299 g/mol. The molecule has 0 bridgehead atoms. The third-order valence-corrected chi connectivity index (χ3v) is 3.90. The molecule has 17 heavy (non-hydrogen) atoms. The molecule has 0 amide bonds. The lowest BCUT2D eigenvalue weighted by Crippen LogP contribution is -2.46. The van der Waals surface area contributed by atoms with Crippen molar-refractivity contribution < 1.29 is 4.74 Å². The van der Waals surface area contributed by atoms with Gasteiger partial charge in [0.2, 0.25) is 0 Å². The third kappa shape index (κ3) is 2.58. The molecular weight excluding hydrogens is 280 g/mol. The molecule has 0 radical (unpaired) electrons. The number of nitrogens with one attached hydrogen (secondary N) is 1. The molecule has 0 saturated heterocycles. The van der Waals surface area contributed by atoms with Crippen LogP contribution in [0.15, 0.2) is 22.7 Å². The Morgan fingerprint density at radius 3 is 2.94 bits per heavy atom. The van der Waals surface area contributed by atoms with Gasteiger partial charge in [0.15, 0.2) is 0 Å². The van der Waals surface area contributed by atoms with Crippen LogP contribution in [0.4, 0.5) is 5.69 Å². The quantitative estimate of drug-likeness (QED) is 0.928. The molecule has 0 saturated carbocycles. The smallest absolute Gasteiger partial charge is 0.143 e. The molecule has 0 fully saturated rings. The molecule has 0 aliphatic carbocycles. The van der Waals surface area contributed by atoms with Crippen molar-refractivity contribution in [3.05, 3.63) is 22.7 Å². The van der Waals surface area contributed by atoms with E-state index < -0.39 is 0 Å². The molecule has 1 aromatic rings. The Balaban J connectivity index is 2.22. The van der Waals surface area contributed by atoms with Crippen LogP contribution in [0.1, 0.15) is 13.3 Å². The summed E-state index contributed by atoms with van der Waals surface area (Å²) in [6, 6.07) is 6.57. The highest BCUT2D eigenvalue weighted by Gasteiger charge is 2.30. The number of halogens is 1. The first kappa shape index (κ1) is 12.7. The summed E-state index contributed by atoms with van der Waals surface area (Å²) in [5.74, 6) is 0.981. The van der Waals surface area contributed by atoms with Crippen molar-refractivity contribution in [1.29, 1.82) is 0 Å². The minimum Gasteiger partial charge on any atom is -0.486 e. The molecule has 4 heteroatoms. The lowest BCUT2D eigenvalue weighted by atomic mass is 10.0. The van der Waals surface area contributed by atoms with E-state index in [0.717, 1.165) is 28.9 Å². The van der Waals surface area contributed by atoms with E-state index in [0.29, 0.717) is 6.04 Å². The fourth-order valence-electron chi connectivity index (χ4n) is 2.18. The number of hydrogen-bond donors (Lipinski definition) is 1. The van der Waals surface area contributed by atoms with Gasteiger partial charge in [-0.1, -0.05) is 15.9 Å². The van der Waals surface area contributed by atoms with Crippen molar-refractivity contribution in [2.24, 2.45) is 0 Å². The molecule has 1 aliphatic rings. The normalized spacial score (nSPS) is 23.2. The van der Waals surface area contributed by atoms with Gasteiger partial charge >= 0.3 is 0 Å². The standard InChI is InChI=1S/C13H19BrN2O/c1-9-12(6-7-15-2)17-13-5-4-10(14)8-11(13)16(9)3/h4-5,8-9,12,15H,6-7H2,1-3H3. The summed E-state index contributed by atoms with van der Waals surface area (Å²) in [4.78, 5) is 2.30. The summed E-state index contributed by atoms with van der Waals surface area (Å²) in [7, 11) is 4.10. The molecule has 1 heterocycles. The third-order valence-electron chi connectivity index (χ3n) is 3.41. The van der Waals surface area contributed by atoms with E-state index in [1.54, 1.807) is 0 Å². The first-order chi connectivity index (χ1) is 8.13. The summed E-state index contributed by atoms with van der Waals surface area (Å²) in [5, 5.41) is 3.18. The Kier molecular flexibility index (Phi) is 3.94. The monoisotopic (exact) mass is 298 g/mol. The number of nitrogens with zero attached hydrogens (tertiary/aromatic N) is 1. The predicted molar refractivity (Wildman–Crippen MR) is 75.0 cm³/mol. The number of anilines is 1. The molecule has 1 aromatic carbocycles. The number of likely N-dealkylation sites (N-methyl/N-ethyl adjacent to an activating group) is 1. The zero-order valence-corrected chi connectivity index (χ0v) is 12.1. The van der Waals surface area contributed by atoms with Crippen LogP contribution in [0.2, 0.25) is 0 Å². The van der Waals surface area contributed by atoms with Crippen LogP contribution in [0.3, 0.4) is 0 Å². The SMILES string of the molecule is CNCCC1Oc2ccc(Br)cc2N(C)C1C. The van der Waals surface area contributed by atoms with Gasteiger partial charge in [0.25, 0.3) is 0 Å². The molecule has 2 rings (SSSR count). The fraction of sp³-hybridized carbons (Fsp3) is 0.538. The number of benzene rings is 1. The average Bonchev–Trinajstić information content (AvgIpc) is 2.33. The zero-order chi connectivity index (χ0) is 12.4. The van der Waals surface area contributed by atoms with E-state index in [2.05, 4.69) is 46.2 Å². The van der Waals surface area contributed by atoms with Crippen LogP contribution in [0.5, 0.6) is 5.75 Å². The first-order valence-corrected chi connectivity index (χ1v) is 6.76. The molecule has 1 N–H and O–H groups in total. The number of rotatable bonds is 3. The maximum atomic E-state index is 6.07. The topological polar surface area (TPSA) is 24.5 Å². The van der Waals surface area contributed by atoms with E-state index in [-0.39, 0.29) is 6.10 Å². The second-order valence-corrected chi connectivity index (χ2v) is 5.43. The minimum atomic E-state index is 0.251. The number of hydrogen-bond acceptors (Lipinski definition) is 3.